The Hall–Kier alpha value is -2.47. The highest BCUT2D eigenvalue weighted by Gasteiger charge is 2.15. The van der Waals surface area contributed by atoms with Gasteiger partial charge in [-0.2, -0.15) is 0 Å². The lowest BCUT2D eigenvalue weighted by Gasteiger charge is -2.19. The zero-order valence-corrected chi connectivity index (χ0v) is 18.1. The molecule has 1 heterocycles. The molecule has 0 bridgehead atoms. The van der Waals surface area contributed by atoms with Gasteiger partial charge in [0, 0.05) is 24.3 Å². The molecule has 0 unspecified atom stereocenters. The van der Waals surface area contributed by atoms with Gasteiger partial charge < -0.3 is 9.47 Å². The molecule has 28 heavy (non-hydrogen) atoms. The normalized spacial score (nSPS) is 13.4. The Morgan fingerprint density at radius 2 is 1.64 bits per heavy atom. The summed E-state index contributed by atoms with van der Waals surface area (Å²) >= 11 is 0. The first kappa shape index (κ1) is 25.5. The van der Waals surface area contributed by atoms with Crippen molar-refractivity contribution in [3.8, 4) is 0 Å². The second-order valence-corrected chi connectivity index (χ2v) is 7.18. The quantitative estimate of drug-likeness (QED) is 0.547. The van der Waals surface area contributed by atoms with Gasteiger partial charge in [-0.3, -0.25) is 19.3 Å². The molecular weight excluding hydrogens is 358 g/mol. The van der Waals surface area contributed by atoms with Crippen molar-refractivity contribution in [2.45, 2.75) is 60.5 Å². The molecule has 0 radical (unpaired) electrons. The lowest BCUT2D eigenvalue weighted by Crippen LogP contribution is -2.30. The summed E-state index contributed by atoms with van der Waals surface area (Å²) in [5.74, 6) is -0.328. The molecule has 1 amide bonds. The van der Waals surface area contributed by atoms with E-state index in [4.69, 9.17) is 9.47 Å². The fourth-order valence-corrected chi connectivity index (χ4v) is 2.02. The smallest absolute Gasteiger partial charge is 0.303 e. The number of nitrogens with zero attached hydrogens (tertiary/aromatic N) is 1. The third-order valence-electron chi connectivity index (χ3n) is 3.00. The molecule has 0 atom stereocenters. The Bertz CT molecular complexity index is 656. The van der Waals surface area contributed by atoms with Crippen LogP contribution in [0, 0.1) is 0 Å². The second kappa shape index (κ2) is 12.8. The number of rotatable bonds is 2. The van der Waals surface area contributed by atoms with Crippen LogP contribution in [0.25, 0.3) is 0 Å². The van der Waals surface area contributed by atoms with Crippen LogP contribution in [0.1, 0.15) is 65.2 Å². The minimum atomic E-state index is -0.328. The van der Waals surface area contributed by atoms with E-state index in [0.29, 0.717) is 12.2 Å². The van der Waals surface area contributed by atoms with Crippen LogP contribution in [0.15, 0.2) is 36.4 Å². The Morgan fingerprint density at radius 3 is 2.04 bits per heavy atom. The van der Waals surface area contributed by atoms with Crippen LogP contribution < -0.4 is 4.90 Å². The summed E-state index contributed by atoms with van der Waals surface area (Å²) in [6.45, 7) is 13.4. The molecule has 1 aliphatic heterocycles. The van der Waals surface area contributed by atoms with E-state index in [1.54, 1.807) is 30.3 Å². The number of ether oxygens (including phenoxy) is 2. The first-order chi connectivity index (χ1) is 13.0. The Morgan fingerprint density at radius 1 is 1.11 bits per heavy atom. The number of carbonyl (C=O) groups excluding carboxylic acids is 3. The summed E-state index contributed by atoms with van der Waals surface area (Å²) in [6.07, 6.45) is 4.43. The number of amides is 1. The van der Waals surface area contributed by atoms with E-state index in [1.807, 2.05) is 20.8 Å². The Balaban J connectivity index is 0.000000558. The van der Waals surface area contributed by atoms with Crippen molar-refractivity contribution in [3.63, 3.8) is 0 Å². The monoisotopic (exact) mass is 391 g/mol. The lowest BCUT2D eigenvalue weighted by molar-refractivity contribution is -0.151. The molecular formula is C22H33NO5. The highest BCUT2D eigenvalue weighted by molar-refractivity contribution is 6.02. The van der Waals surface area contributed by atoms with E-state index in [9.17, 15) is 14.4 Å². The Kier molecular flexibility index (Phi) is 11.7. The van der Waals surface area contributed by atoms with Gasteiger partial charge in [-0.25, -0.2) is 0 Å². The first-order valence-corrected chi connectivity index (χ1v) is 9.38. The molecule has 1 aromatic rings. The number of hydrogen-bond donors (Lipinski definition) is 0. The average Bonchev–Trinajstić information content (AvgIpc) is 2.78. The standard InChI is InChI=1S/C13H13NO3.C6H12O2.C3H8/c1-10(15)11-4-6-12(7-5-11)14-9-17-8-2-3-13(14)16;1-5(7)8-6(2,3)4;1-3-2/h2-7H,8-9H2,1H3;1-4H3;3H2,1-2H3. The summed E-state index contributed by atoms with van der Waals surface area (Å²) in [4.78, 5) is 34.6. The number of Topliss-reactive ketones (excluding diaryl/α,β-unsaturated/α-hetero) is 1. The molecule has 1 aromatic carbocycles. The zero-order chi connectivity index (χ0) is 21.7. The highest BCUT2D eigenvalue weighted by Crippen LogP contribution is 2.17. The molecule has 0 fully saturated rings. The van der Waals surface area contributed by atoms with Gasteiger partial charge >= 0.3 is 5.97 Å². The maximum atomic E-state index is 11.7. The van der Waals surface area contributed by atoms with E-state index in [-0.39, 0.29) is 30.0 Å². The van der Waals surface area contributed by atoms with E-state index in [0.717, 1.165) is 5.69 Å². The van der Waals surface area contributed by atoms with E-state index < -0.39 is 0 Å². The van der Waals surface area contributed by atoms with Gasteiger partial charge in [0.05, 0.1) is 6.61 Å². The van der Waals surface area contributed by atoms with Crippen LogP contribution in [-0.2, 0) is 19.1 Å². The summed E-state index contributed by atoms with van der Waals surface area (Å²) in [5.41, 5.74) is 1.03. The van der Waals surface area contributed by atoms with Gasteiger partial charge in [-0.15, -0.1) is 0 Å². The van der Waals surface area contributed by atoms with Crippen LogP contribution >= 0.6 is 0 Å². The topological polar surface area (TPSA) is 72.9 Å². The number of carbonyl (C=O) groups is 3. The molecule has 0 saturated heterocycles. The maximum absolute atomic E-state index is 11.7. The molecule has 6 heteroatoms. The van der Waals surface area contributed by atoms with Gasteiger partial charge in [0.15, 0.2) is 5.78 Å². The van der Waals surface area contributed by atoms with Crippen molar-refractivity contribution >= 4 is 23.3 Å². The number of hydrogen-bond acceptors (Lipinski definition) is 5. The van der Waals surface area contributed by atoms with Crippen LogP contribution in [0.2, 0.25) is 0 Å². The highest BCUT2D eigenvalue weighted by atomic mass is 16.6. The van der Waals surface area contributed by atoms with Crippen molar-refractivity contribution in [1.29, 1.82) is 0 Å². The van der Waals surface area contributed by atoms with E-state index in [1.165, 1.54) is 31.2 Å². The number of ketones is 1. The predicted octanol–water partition coefficient (Wildman–Crippen LogP) is 4.53. The van der Waals surface area contributed by atoms with Crippen molar-refractivity contribution in [2.24, 2.45) is 0 Å². The van der Waals surface area contributed by atoms with E-state index in [2.05, 4.69) is 13.8 Å². The van der Waals surface area contributed by atoms with Crippen molar-refractivity contribution in [3.05, 3.63) is 42.0 Å². The zero-order valence-electron chi connectivity index (χ0n) is 18.1. The van der Waals surface area contributed by atoms with Gasteiger partial charge in [0.1, 0.15) is 12.3 Å². The van der Waals surface area contributed by atoms with Gasteiger partial charge in [-0.05, 0) is 52.0 Å². The van der Waals surface area contributed by atoms with Gasteiger partial charge in [0.25, 0.3) is 5.91 Å². The summed E-state index contributed by atoms with van der Waals surface area (Å²) < 4.78 is 10.1. The molecule has 0 aliphatic carbocycles. The molecule has 0 spiro atoms. The maximum Gasteiger partial charge on any atom is 0.303 e. The first-order valence-electron chi connectivity index (χ1n) is 9.38. The molecule has 6 nitrogen and oxygen atoms in total. The molecule has 1 aliphatic rings. The summed E-state index contributed by atoms with van der Waals surface area (Å²) in [6, 6.07) is 6.91. The Labute approximate surface area is 168 Å². The molecule has 0 saturated carbocycles. The predicted molar refractivity (Wildman–Crippen MR) is 111 cm³/mol. The average molecular weight is 392 g/mol. The molecule has 0 aromatic heterocycles. The molecule has 156 valence electrons. The fraction of sp³-hybridized carbons (Fsp3) is 0.500. The summed E-state index contributed by atoms with van der Waals surface area (Å²) in [5, 5.41) is 0. The number of benzene rings is 1. The van der Waals surface area contributed by atoms with Crippen molar-refractivity contribution in [2.75, 3.05) is 18.2 Å². The SMILES string of the molecule is CC(=O)OC(C)(C)C.CC(=O)c1ccc(N2COCC=CC2=O)cc1.CCC. The fourth-order valence-electron chi connectivity index (χ4n) is 2.02. The van der Waals surface area contributed by atoms with E-state index >= 15 is 0 Å². The largest absolute Gasteiger partial charge is 0.460 e. The van der Waals surface area contributed by atoms with Crippen molar-refractivity contribution in [1.82, 2.24) is 0 Å². The van der Waals surface area contributed by atoms with Crippen LogP contribution in [-0.4, -0.2) is 36.6 Å². The van der Waals surface area contributed by atoms with Gasteiger partial charge in [0.2, 0.25) is 0 Å². The molecule has 2 rings (SSSR count). The van der Waals surface area contributed by atoms with Crippen LogP contribution in [0.5, 0.6) is 0 Å². The number of anilines is 1. The summed E-state index contributed by atoms with van der Waals surface area (Å²) in [7, 11) is 0. The van der Waals surface area contributed by atoms with Crippen LogP contribution in [0.3, 0.4) is 0 Å². The minimum Gasteiger partial charge on any atom is -0.460 e. The third kappa shape index (κ3) is 11.3. The molecule has 0 N–H and O–H groups in total. The minimum absolute atomic E-state index is 0.00916. The second-order valence-electron chi connectivity index (χ2n) is 7.18. The van der Waals surface area contributed by atoms with Gasteiger partial charge in [-0.1, -0.05) is 26.3 Å². The van der Waals surface area contributed by atoms with Crippen LogP contribution in [0.4, 0.5) is 5.69 Å². The van der Waals surface area contributed by atoms with Crippen molar-refractivity contribution < 1.29 is 23.9 Å². The third-order valence-corrected chi connectivity index (χ3v) is 3.00. The lowest BCUT2D eigenvalue weighted by atomic mass is 10.1. The number of esters is 1.